The van der Waals surface area contributed by atoms with E-state index in [0.29, 0.717) is 6.04 Å². The van der Waals surface area contributed by atoms with Gasteiger partial charge in [-0.1, -0.05) is 6.42 Å². The monoisotopic (exact) mass is 237 g/mol. The lowest BCUT2D eigenvalue weighted by atomic mass is 10.1. The van der Waals surface area contributed by atoms with E-state index in [9.17, 15) is 0 Å². The third-order valence-electron chi connectivity index (χ3n) is 3.63. The molecule has 1 aliphatic carbocycles. The molecule has 1 aromatic heterocycles. The van der Waals surface area contributed by atoms with Gasteiger partial charge in [0.2, 0.25) is 0 Å². The molecule has 1 saturated heterocycles. The van der Waals surface area contributed by atoms with Crippen molar-refractivity contribution in [2.75, 3.05) is 19.8 Å². The van der Waals surface area contributed by atoms with Gasteiger partial charge in [-0.25, -0.2) is 0 Å². The Morgan fingerprint density at radius 1 is 1.38 bits per heavy atom. The van der Waals surface area contributed by atoms with Crippen LogP contribution < -0.4 is 5.32 Å². The van der Waals surface area contributed by atoms with Crippen molar-refractivity contribution in [1.82, 2.24) is 15.2 Å². The third-order valence-corrected chi connectivity index (χ3v) is 4.54. The van der Waals surface area contributed by atoms with Crippen LogP contribution in [0.15, 0.2) is 11.7 Å². The van der Waals surface area contributed by atoms with Crippen molar-refractivity contribution in [3.05, 3.63) is 16.6 Å². The number of aromatic nitrogens is 1. The Kier molecular flexibility index (Phi) is 3.22. The molecular weight excluding hydrogens is 218 g/mol. The zero-order chi connectivity index (χ0) is 10.8. The zero-order valence-electron chi connectivity index (χ0n) is 9.56. The fourth-order valence-corrected chi connectivity index (χ4v) is 3.31. The standard InChI is InChI=1S/C12H19N3S/c1-2-4-15(5-3-1)8-14-11-6-10(11)12-7-13-9-16-12/h7,9-11,14H,1-6,8H2/t10-,11-/m0/s1. The van der Waals surface area contributed by atoms with Gasteiger partial charge in [0, 0.05) is 29.7 Å². The van der Waals surface area contributed by atoms with Crippen LogP contribution in [0.4, 0.5) is 0 Å². The maximum absolute atomic E-state index is 4.15. The molecule has 0 unspecified atom stereocenters. The molecule has 3 rings (SSSR count). The van der Waals surface area contributed by atoms with Gasteiger partial charge in [-0.15, -0.1) is 11.3 Å². The van der Waals surface area contributed by atoms with Gasteiger partial charge in [-0.2, -0.15) is 0 Å². The van der Waals surface area contributed by atoms with Crippen LogP contribution in [0, 0.1) is 0 Å². The number of rotatable bonds is 4. The summed E-state index contributed by atoms with van der Waals surface area (Å²) in [5.74, 6) is 0.747. The molecule has 1 aliphatic heterocycles. The Morgan fingerprint density at radius 3 is 3.00 bits per heavy atom. The summed E-state index contributed by atoms with van der Waals surface area (Å²) < 4.78 is 0. The molecule has 16 heavy (non-hydrogen) atoms. The van der Waals surface area contributed by atoms with Gasteiger partial charge < -0.3 is 5.32 Å². The summed E-state index contributed by atoms with van der Waals surface area (Å²) in [4.78, 5) is 8.15. The van der Waals surface area contributed by atoms with Crippen LogP contribution in [-0.4, -0.2) is 35.7 Å². The largest absolute Gasteiger partial charge is 0.301 e. The fraction of sp³-hybridized carbons (Fsp3) is 0.750. The van der Waals surface area contributed by atoms with E-state index in [1.807, 2.05) is 11.7 Å². The van der Waals surface area contributed by atoms with Gasteiger partial charge in [0.15, 0.2) is 0 Å². The van der Waals surface area contributed by atoms with E-state index in [1.165, 1.54) is 43.6 Å². The molecule has 4 heteroatoms. The summed E-state index contributed by atoms with van der Waals surface area (Å²) in [5.41, 5.74) is 1.94. The van der Waals surface area contributed by atoms with Gasteiger partial charge >= 0.3 is 0 Å². The van der Waals surface area contributed by atoms with Gasteiger partial charge in [-0.3, -0.25) is 9.88 Å². The van der Waals surface area contributed by atoms with E-state index in [4.69, 9.17) is 0 Å². The number of nitrogens with zero attached hydrogens (tertiary/aromatic N) is 2. The van der Waals surface area contributed by atoms with Crippen LogP contribution >= 0.6 is 11.3 Å². The fourth-order valence-electron chi connectivity index (χ4n) is 2.51. The molecular formula is C12H19N3S. The highest BCUT2D eigenvalue weighted by molar-refractivity contribution is 7.09. The molecule has 2 atom stereocenters. The number of hydrogen-bond donors (Lipinski definition) is 1. The minimum atomic E-state index is 0.711. The first-order valence-electron chi connectivity index (χ1n) is 6.27. The minimum absolute atomic E-state index is 0.711. The van der Waals surface area contributed by atoms with Crippen molar-refractivity contribution >= 4 is 11.3 Å². The molecule has 2 heterocycles. The van der Waals surface area contributed by atoms with Crippen molar-refractivity contribution in [3.8, 4) is 0 Å². The normalized spacial score (nSPS) is 30.5. The number of piperidine rings is 1. The van der Waals surface area contributed by atoms with Crippen molar-refractivity contribution in [2.24, 2.45) is 0 Å². The first kappa shape index (κ1) is 10.7. The first-order valence-corrected chi connectivity index (χ1v) is 7.15. The molecule has 0 aromatic carbocycles. The lowest BCUT2D eigenvalue weighted by Crippen LogP contribution is -2.38. The predicted octanol–water partition coefficient (Wildman–Crippen LogP) is 2.03. The molecule has 1 saturated carbocycles. The summed E-state index contributed by atoms with van der Waals surface area (Å²) in [6.45, 7) is 3.65. The van der Waals surface area contributed by atoms with E-state index in [2.05, 4.69) is 15.2 Å². The number of likely N-dealkylation sites (tertiary alicyclic amines) is 1. The van der Waals surface area contributed by atoms with Crippen molar-refractivity contribution in [3.63, 3.8) is 0 Å². The topological polar surface area (TPSA) is 28.2 Å². The second-order valence-electron chi connectivity index (χ2n) is 4.89. The Morgan fingerprint density at radius 2 is 2.25 bits per heavy atom. The second kappa shape index (κ2) is 4.82. The highest BCUT2D eigenvalue weighted by Crippen LogP contribution is 2.42. The van der Waals surface area contributed by atoms with E-state index in [-0.39, 0.29) is 0 Å². The quantitative estimate of drug-likeness (QED) is 0.868. The lowest BCUT2D eigenvalue weighted by Gasteiger charge is -2.26. The van der Waals surface area contributed by atoms with Gasteiger partial charge in [0.1, 0.15) is 0 Å². The van der Waals surface area contributed by atoms with Crippen molar-refractivity contribution in [2.45, 2.75) is 37.6 Å². The maximum Gasteiger partial charge on any atom is 0.0794 e. The van der Waals surface area contributed by atoms with Crippen LogP contribution in [0.3, 0.4) is 0 Å². The smallest absolute Gasteiger partial charge is 0.0794 e. The van der Waals surface area contributed by atoms with E-state index in [1.54, 1.807) is 11.3 Å². The number of thiazole rings is 1. The number of nitrogens with one attached hydrogen (secondary N) is 1. The summed E-state index contributed by atoms with van der Waals surface area (Å²) in [5, 5.41) is 3.67. The maximum atomic E-state index is 4.15. The Balaban J connectivity index is 1.41. The minimum Gasteiger partial charge on any atom is -0.301 e. The average molecular weight is 237 g/mol. The molecule has 0 bridgehead atoms. The van der Waals surface area contributed by atoms with Crippen molar-refractivity contribution < 1.29 is 0 Å². The highest BCUT2D eigenvalue weighted by atomic mass is 32.1. The lowest BCUT2D eigenvalue weighted by molar-refractivity contribution is 0.211. The van der Waals surface area contributed by atoms with Gasteiger partial charge in [0.05, 0.1) is 5.51 Å². The van der Waals surface area contributed by atoms with Crippen LogP contribution in [0.25, 0.3) is 0 Å². The number of hydrogen-bond acceptors (Lipinski definition) is 4. The molecule has 0 radical (unpaired) electrons. The Hall–Kier alpha value is -0.450. The average Bonchev–Trinajstić information content (AvgIpc) is 2.90. The second-order valence-corrected chi connectivity index (χ2v) is 5.81. The molecule has 2 fully saturated rings. The first-order chi connectivity index (χ1) is 7.93. The molecule has 2 aliphatic rings. The molecule has 0 amide bonds. The highest BCUT2D eigenvalue weighted by Gasteiger charge is 2.39. The summed E-state index contributed by atoms with van der Waals surface area (Å²) in [6, 6.07) is 0.711. The van der Waals surface area contributed by atoms with E-state index < -0.39 is 0 Å². The van der Waals surface area contributed by atoms with Crippen molar-refractivity contribution in [1.29, 1.82) is 0 Å². The van der Waals surface area contributed by atoms with E-state index >= 15 is 0 Å². The van der Waals surface area contributed by atoms with Crippen LogP contribution in [0.5, 0.6) is 0 Å². The molecule has 88 valence electrons. The third kappa shape index (κ3) is 2.44. The van der Waals surface area contributed by atoms with Crippen LogP contribution in [0.1, 0.15) is 36.5 Å². The SMILES string of the molecule is c1ncc([C@H]2C[C@@H]2NCN2CCCCC2)s1. The molecule has 1 aromatic rings. The van der Waals surface area contributed by atoms with E-state index in [0.717, 1.165) is 12.6 Å². The van der Waals surface area contributed by atoms with Crippen LogP contribution in [0.2, 0.25) is 0 Å². The van der Waals surface area contributed by atoms with Gasteiger partial charge in [0.25, 0.3) is 0 Å². The Labute approximate surface area is 101 Å². The summed E-state index contributed by atoms with van der Waals surface area (Å²) >= 11 is 1.79. The summed E-state index contributed by atoms with van der Waals surface area (Å²) in [7, 11) is 0. The summed E-state index contributed by atoms with van der Waals surface area (Å²) in [6.07, 6.45) is 7.51. The predicted molar refractivity (Wildman–Crippen MR) is 66.7 cm³/mol. The van der Waals surface area contributed by atoms with Crippen LogP contribution in [-0.2, 0) is 0 Å². The molecule has 1 N–H and O–H groups in total. The van der Waals surface area contributed by atoms with Gasteiger partial charge in [-0.05, 0) is 32.4 Å². The Bertz CT molecular complexity index is 319. The molecule has 0 spiro atoms. The molecule has 3 nitrogen and oxygen atoms in total. The zero-order valence-corrected chi connectivity index (χ0v) is 10.4.